The van der Waals surface area contributed by atoms with E-state index in [-0.39, 0.29) is 17.4 Å². The van der Waals surface area contributed by atoms with Gasteiger partial charge in [-0.2, -0.15) is 5.10 Å². The monoisotopic (exact) mass is 682 g/mol. The number of thiazole rings is 1. The van der Waals surface area contributed by atoms with Gasteiger partial charge in [0.15, 0.2) is 11.2 Å². The van der Waals surface area contributed by atoms with Gasteiger partial charge in [-0.3, -0.25) is 14.8 Å². The maximum Gasteiger partial charge on any atom is 0.410 e. The van der Waals surface area contributed by atoms with Gasteiger partial charge >= 0.3 is 6.09 Å². The molecule has 3 aliphatic rings. The molecule has 13 heteroatoms. The van der Waals surface area contributed by atoms with Crippen molar-refractivity contribution in [2.45, 2.75) is 64.6 Å². The highest BCUT2D eigenvalue weighted by molar-refractivity contribution is 7.13. The van der Waals surface area contributed by atoms with Gasteiger partial charge in [0.1, 0.15) is 11.4 Å². The van der Waals surface area contributed by atoms with Crippen LogP contribution in [-0.4, -0.2) is 73.0 Å². The van der Waals surface area contributed by atoms with Gasteiger partial charge in [-0.15, -0.1) is 11.3 Å². The molecule has 3 aromatic heterocycles. The Hall–Kier alpha value is -4.78. The standard InChI is InChI=1S/C36H39FN8O3S/c1-35(2,3)48-34(47)42-14-10-36(11-15-42)20-44(21-36)25-8-6-23(7-9-25)24-17-27(37)26-19-45(41-28(26)18-24)31(32(46)40-33-38-12-16-49-33)30-29-5-4-13-43(29)22-39-30/h6-9,12,16-19,22,31H,4-5,10-11,13-15,20-21H2,1-3H3,(H,38,40,46). The Balaban J connectivity index is 0.985. The van der Waals surface area contributed by atoms with Crippen molar-refractivity contribution in [1.29, 1.82) is 0 Å². The lowest BCUT2D eigenvalue weighted by atomic mass is 9.72. The van der Waals surface area contributed by atoms with Crippen molar-refractivity contribution in [2.24, 2.45) is 5.41 Å². The van der Waals surface area contributed by atoms with Gasteiger partial charge < -0.3 is 19.1 Å². The summed E-state index contributed by atoms with van der Waals surface area (Å²) in [5.41, 5.74) is 4.52. The number of ether oxygens (including phenoxy) is 1. The summed E-state index contributed by atoms with van der Waals surface area (Å²) in [6, 6.07) is 10.7. The molecule has 49 heavy (non-hydrogen) atoms. The average molecular weight is 683 g/mol. The van der Waals surface area contributed by atoms with E-state index in [1.807, 2.05) is 43.9 Å². The zero-order valence-electron chi connectivity index (χ0n) is 27.9. The van der Waals surface area contributed by atoms with Gasteiger partial charge in [0.2, 0.25) is 0 Å². The number of hydrogen-bond donors (Lipinski definition) is 1. The molecule has 5 aromatic rings. The average Bonchev–Trinajstić information content (AvgIpc) is 3.86. The van der Waals surface area contributed by atoms with E-state index < -0.39 is 17.5 Å². The molecular formula is C36H39FN8O3S. The molecule has 8 rings (SSSR count). The number of amides is 2. The largest absolute Gasteiger partial charge is 0.444 e. The first-order valence-electron chi connectivity index (χ1n) is 16.8. The van der Waals surface area contributed by atoms with Gasteiger partial charge in [0, 0.05) is 67.3 Å². The molecule has 2 saturated heterocycles. The number of rotatable bonds is 6. The number of aryl methyl sites for hydroxylation is 1. The van der Waals surface area contributed by atoms with Gasteiger partial charge in [-0.05, 0) is 81.8 Å². The number of anilines is 2. The maximum atomic E-state index is 15.7. The Labute approximate surface area is 287 Å². The number of benzene rings is 2. The smallest absolute Gasteiger partial charge is 0.410 e. The molecule has 2 amide bonds. The van der Waals surface area contributed by atoms with Crippen LogP contribution >= 0.6 is 11.3 Å². The van der Waals surface area contributed by atoms with E-state index in [4.69, 9.17) is 9.84 Å². The molecule has 254 valence electrons. The Kier molecular flexibility index (Phi) is 7.69. The van der Waals surface area contributed by atoms with Crippen LogP contribution in [0, 0.1) is 11.2 Å². The lowest BCUT2D eigenvalue weighted by Gasteiger charge is -2.55. The van der Waals surface area contributed by atoms with Crippen LogP contribution in [-0.2, 0) is 22.5 Å². The number of carbonyl (C=O) groups excluding carboxylic acids is 2. The molecule has 1 atom stereocenters. The quantitative estimate of drug-likeness (QED) is 0.218. The Bertz CT molecular complexity index is 2020. The van der Waals surface area contributed by atoms with Crippen molar-refractivity contribution >= 4 is 45.1 Å². The summed E-state index contributed by atoms with van der Waals surface area (Å²) in [4.78, 5) is 39.2. The summed E-state index contributed by atoms with van der Waals surface area (Å²) in [7, 11) is 0. The van der Waals surface area contributed by atoms with Crippen molar-refractivity contribution in [2.75, 3.05) is 36.4 Å². The minimum absolute atomic E-state index is 0.218. The second-order valence-electron chi connectivity index (χ2n) is 14.5. The number of nitrogens with one attached hydrogen (secondary N) is 1. The summed E-state index contributed by atoms with van der Waals surface area (Å²) in [6.07, 6.45) is 8.49. The third-order valence-electron chi connectivity index (χ3n) is 9.91. The number of halogens is 1. The summed E-state index contributed by atoms with van der Waals surface area (Å²) < 4.78 is 24.8. The predicted octanol–water partition coefficient (Wildman–Crippen LogP) is 6.51. The first-order chi connectivity index (χ1) is 23.5. The summed E-state index contributed by atoms with van der Waals surface area (Å²) in [6.45, 7) is 9.86. The van der Waals surface area contributed by atoms with E-state index in [0.29, 0.717) is 40.4 Å². The summed E-state index contributed by atoms with van der Waals surface area (Å²) >= 11 is 1.33. The number of carbonyl (C=O) groups is 2. The van der Waals surface area contributed by atoms with Crippen LogP contribution in [0.25, 0.3) is 22.0 Å². The minimum atomic E-state index is -0.878. The summed E-state index contributed by atoms with van der Waals surface area (Å²) in [5.74, 6) is -0.729. The van der Waals surface area contributed by atoms with Crippen LogP contribution in [0.2, 0.25) is 0 Å². The van der Waals surface area contributed by atoms with Crippen molar-refractivity contribution in [3.8, 4) is 11.1 Å². The van der Waals surface area contributed by atoms with Crippen LogP contribution in [0.3, 0.4) is 0 Å². The molecule has 0 bridgehead atoms. The number of fused-ring (bicyclic) bond motifs is 2. The predicted molar refractivity (Wildman–Crippen MR) is 186 cm³/mol. The fourth-order valence-corrected chi connectivity index (χ4v) is 7.91. The van der Waals surface area contributed by atoms with E-state index in [2.05, 4.69) is 36.9 Å². The number of imidazole rings is 1. The molecule has 0 aliphatic carbocycles. The molecule has 6 heterocycles. The third-order valence-corrected chi connectivity index (χ3v) is 10.6. The van der Waals surface area contributed by atoms with E-state index in [0.717, 1.165) is 62.3 Å². The second kappa shape index (κ2) is 12.0. The zero-order chi connectivity index (χ0) is 33.9. The Morgan fingerprint density at radius 1 is 1.04 bits per heavy atom. The van der Waals surface area contributed by atoms with Crippen LogP contribution in [0.4, 0.5) is 20.0 Å². The van der Waals surface area contributed by atoms with Crippen LogP contribution in [0.1, 0.15) is 57.5 Å². The van der Waals surface area contributed by atoms with Crippen molar-refractivity contribution in [3.05, 3.63) is 77.7 Å². The first kappa shape index (κ1) is 31.5. The minimum Gasteiger partial charge on any atom is -0.444 e. The van der Waals surface area contributed by atoms with E-state index >= 15 is 4.39 Å². The van der Waals surface area contributed by atoms with Gasteiger partial charge in [-0.25, -0.2) is 19.2 Å². The van der Waals surface area contributed by atoms with Gasteiger partial charge in [0.25, 0.3) is 5.91 Å². The molecule has 11 nitrogen and oxygen atoms in total. The maximum absolute atomic E-state index is 15.7. The zero-order valence-corrected chi connectivity index (χ0v) is 28.7. The fraction of sp³-hybridized carbons (Fsp3) is 0.417. The molecule has 2 aromatic carbocycles. The topological polar surface area (TPSA) is 110 Å². The van der Waals surface area contributed by atoms with Crippen LogP contribution in [0.5, 0.6) is 0 Å². The first-order valence-corrected chi connectivity index (χ1v) is 17.7. The number of piperidine rings is 1. The third kappa shape index (κ3) is 6.04. The highest BCUT2D eigenvalue weighted by Gasteiger charge is 2.46. The normalized spacial score (nSPS) is 17.6. The lowest BCUT2D eigenvalue weighted by Crippen LogP contribution is -2.61. The van der Waals surface area contributed by atoms with E-state index in [1.165, 1.54) is 22.1 Å². The van der Waals surface area contributed by atoms with Gasteiger partial charge in [0.05, 0.1) is 22.9 Å². The molecule has 1 unspecified atom stereocenters. The number of aromatic nitrogens is 5. The lowest BCUT2D eigenvalue weighted by molar-refractivity contribution is -0.118. The Morgan fingerprint density at radius 3 is 2.53 bits per heavy atom. The molecule has 2 fully saturated rings. The van der Waals surface area contributed by atoms with Gasteiger partial charge in [-0.1, -0.05) is 12.1 Å². The van der Waals surface area contributed by atoms with E-state index in [9.17, 15) is 9.59 Å². The number of nitrogens with zero attached hydrogens (tertiary/aromatic N) is 7. The van der Waals surface area contributed by atoms with Crippen molar-refractivity contribution in [1.82, 2.24) is 29.2 Å². The molecule has 1 N–H and O–H groups in total. The SMILES string of the molecule is CC(C)(C)OC(=O)N1CCC2(CC1)CN(c1ccc(-c3cc(F)c4cn(C(C(=O)Nc5nccs5)c5ncn6c5CCC6)nc4c3)cc1)C2. The highest BCUT2D eigenvalue weighted by Crippen LogP contribution is 2.43. The Morgan fingerprint density at radius 2 is 1.82 bits per heavy atom. The second-order valence-corrected chi connectivity index (χ2v) is 15.4. The molecule has 3 aliphatic heterocycles. The highest BCUT2D eigenvalue weighted by atomic mass is 32.1. The molecule has 1 spiro atoms. The summed E-state index contributed by atoms with van der Waals surface area (Å²) in [5, 5.41) is 10.3. The molecule has 0 radical (unpaired) electrons. The molecular weight excluding hydrogens is 644 g/mol. The van der Waals surface area contributed by atoms with Crippen molar-refractivity contribution < 1.29 is 18.7 Å². The fourth-order valence-electron chi connectivity index (χ4n) is 7.38. The van der Waals surface area contributed by atoms with Crippen molar-refractivity contribution in [3.63, 3.8) is 0 Å². The van der Waals surface area contributed by atoms with E-state index in [1.54, 1.807) is 24.1 Å². The molecule has 0 saturated carbocycles. The number of hydrogen-bond acceptors (Lipinski definition) is 8. The van der Waals surface area contributed by atoms with Crippen LogP contribution in [0.15, 0.2) is 60.5 Å². The van der Waals surface area contributed by atoms with Crippen LogP contribution < -0.4 is 10.2 Å². The number of likely N-dealkylation sites (tertiary alicyclic amines) is 1.